The van der Waals surface area contributed by atoms with Crippen LogP contribution in [0, 0.1) is 13.8 Å². The zero-order chi connectivity index (χ0) is 21.0. The van der Waals surface area contributed by atoms with Gasteiger partial charge in [0, 0.05) is 24.4 Å². The van der Waals surface area contributed by atoms with E-state index in [-0.39, 0.29) is 4.90 Å². The molecular weight excluding hydrogens is 406 g/mol. The Labute approximate surface area is 176 Å². The number of aryl methyl sites for hydroxylation is 2. The minimum Gasteiger partial charge on any atom is -0.411 e. The van der Waals surface area contributed by atoms with Crippen LogP contribution in [0.2, 0.25) is 0 Å². The van der Waals surface area contributed by atoms with E-state index in [1.54, 1.807) is 24.3 Å². The Morgan fingerprint density at radius 2 is 1.69 bits per heavy atom. The molecule has 0 aliphatic rings. The van der Waals surface area contributed by atoms with Crippen molar-refractivity contribution in [3.05, 3.63) is 59.2 Å². The molecule has 0 fully saturated rings. The molecule has 1 heterocycles. The van der Waals surface area contributed by atoms with Crippen LogP contribution >= 0.6 is 11.8 Å². The highest BCUT2D eigenvalue weighted by Crippen LogP contribution is 2.28. The Bertz CT molecular complexity index is 1070. The van der Waals surface area contributed by atoms with Crippen molar-refractivity contribution in [2.75, 3.05) is 13.1 Å². The first kappa shape index (κ1) is 21.5. The van der Waals surface area contributed by atoms with Crippen molar-refractivity contribution in [3.8, 4) is 11.5 Å². The molecule has 154 valence electrons. The van der Waals surface area contributed by atoms with Crippen LogP contribution in [0.1, 0.15) is 30.5 Å². The fourth-order valence-corrected chi connectivity index (χ4v) is 5.38. The second kappa shape index (κ2) is 9.11. The van der Waals surface area contributed by atoms with E-state index in [1.165, 1.54) is 32.8 Å². The van der Waals surface area contributed by atoms with Gasteiger partial charge in [0.05, 0.1) is 4.90 Å². The van der Waals surface area contributed by atoms with Gasteiger partial charge in [0.1, 0.15) is 0 Å². The molecule has 29 heavy (non-hydrogen) atoms. The summed E-state index contributed by atoms with van der Waals surface area (Å²) < 4.78 is 32.7. The van der Waals surface area contributed by atoms with Gasteiger partial charge in [0.2, 0.25) is 15.9 Å². The normalized spacial score (nSPS) is 11.9. The van der Waals surface area contributed by atoms with Crippen molar-refractivity contribution in [2.45, 2.75) is 43.6 Å². The van der Waals surface area contributed by atoms with Crippen molar-refractivity contribution >= 4 is 21.8 Å². The van der Waals surface area contributed by atoms with Crippen molar-refractivity contribution in [1.82, 2.24) is 14.5 Å². The summed E-state index contributed by atoms with van der Waals surface area (Å²) in [4.78, 5) is 0.223. The Kier molecular flexibility index (Phi) is 6.77. The second-order valence-corrected chi connectivity index (χ2v) is 9.64. The Balaban J connectivity index is 1.78. The van der Waals surface area contributed by atoms with Crippen LogP contribution in [-0.4, -0.2) is 36.0 Å². The third-order valence-corrected chi connectivity index (χ3v) is 7.41. The molecule has 1 aromatic heterocycles. The number of hydrogen-bond acceptors (Lipinski definition) is 6. The monoisotopic (exact) mass is 431 g/mol. The molecule has 0 aliphatic carbocycles. The smallest absolute Gasteiger partial charge is 0.277 e. The van der Waals surface area contributed by atoms with Crippen LogP contribution in [0.15, 0.2) is 57.0 Å². The Morgan fingerprint density at radius 3 is 2.34 bits per heavy atom. The fourth-order valence-electron chi connectivity index (χ4n) is 3.18. The summed E-state index contributed by atoms with van der Waals surface area (Å²) in [6, 6.07) is 13.0. The van der Waals surface area contributed by atoms with E-state index in [1.807, 2.05) is 13.8 Å². The fraction of sp³-hybridized carbons (Fsp3) is 0.333. The first-order valence-corrected chi connectivity index (χ1v) is 11.9. The molecule has 2 aromatic carbocycles. The second-order valence-electron chi connectivity index (χ2n) is 6.77. The SMILES string of the molecule is CCN(CC)S(=O)(=O)c1cccc(-c2nnc(SCc3cc(C)cc(C)c3)o2)c1. The van der Waals surface area contributed by atoms with Gasteiger partial charge in [0.15, 0.2) is 0 Å². The summed E-state index contributed by atoms with van der Waals surface area (Å²) in [5.41, 5.74) is 4.22. The number of rotatable bonds is 8. The molecule has 0 radical (unpaired) electrons. The first-order valence-electron chi connectivity index (χ1n) is 9.47. The van der Waals surface area contributed by atoms with Crippen LogP contribution in [0.3, 0.4) is 0 Å². The number of sulfonamides is 1. The van der Waals surface area contributed by atoms with Crippen LogP contribution < -0.4 is 0 Å². The van der Waals surface area contributed by atoms with Crippen molar-refractivity contribution in [3.63, 3.8) is 0 Å². The summed E-state index contributed by atoms with van der Waals surface area (Å²) in [6.45, 7) is 8.63. The van der Waals surface area contributed by atoms with Gasteiger partial charge >= 0.3 is 0 Å². The zero-order valence-electron chi connectivity index (χ0n) is 17.0. The van der Waals surface area contributed by atoms with Gasteiger partial charge < -0.3 is 4.42 Å². The van der Waals surface area contributed by atoms with Crippen LogP contribution in [-0.2, 0) is 15.8 Å². The van der Waals surface area contributed by atoms with E-state index >= 15 is 0 Å². The molecule has 0 saturated heterocycles. The summed E-state index contributed by atoms with van der Waals surface area (Å²) in [5, 5.41) is 8.65. The van der Waals surface area contributed by atoms with Gasteiger partial charge in [-0.05, 0) is 37.6 Å². The van der Waals surface area contributed by atoms with Crippen LogP contribution in [0.4, 0.5) is 0 Å². The minimum absolute atomic E-state index is 0.223. The summed E-state index contributed by atoms with van der Waals surface area (Å²) >= 11 is 1.46. The predicted octanol–water partition coefficient (Wildman–Crippen LogP) is 4.68. The average molecular weight is 432 g/mol. The Morgan fingerprint density at radius 1 is 1.00 bits per heavy atom. The first-order chi connectivity index (χ1) is 13.8. The van der Waals surface area contributed by atoms with Crippen molar-refractivity contribution in [1.29, 1.82) is 0 Å². The number of benzene rings is 2. The molecule has 0 spiro atoms. The van der Waals surface area contributed by atoms with E-state index in [4.69, 9.17) is 4.42 Å². The molecular formula is C21H25N3O3S2. The molecule has 0 N–H and O–H groups in total. The standard InChI is InChI=1S/C21H25N3O3S2/c1-5-24(6-2)29(25,26)19-9-7-8-18(13-19)20-22-23-21(27-20)28-14-17-11-15(3)10-16(4)12-17/h7-13H,5-6,14H2,1-4H3. The maximum Gasteiger partial charge on any atom is 0.277 e. The van der Waals surface area contributed by atoms with Gasteiger partial charge in [-0.25, -0.2) is 8.42 Å². The van der Waals surface area contributed by atoms with Gasteiger partial charge in [-0.15, -0.1) is 10.2 Å². The highest BCUT2D eigenvalue weighted by Gasteiger charge is 2.22. The van der Waals surface area contributed by atoms with Gasteiger partial charge in [-0.1, -0.05) is 61.0 Å². The number of hydrogen-bond donors (Lipinski definition) is 0. The Hall–Kier alpha value is -2.16. The maximum absolute atomic E-state index is 12.8. The molecule has 0 atom stereocenters. The third-order valence-electron chi connectivity index (χ3n) is 4.47. The highest BCUT2D eigenvalue weighted by molar-refractivity contribution is 7.98. The van der Waals surface area contributed by atoms with E-state index in [9.17, 15) is 8.42 Å². The zero-order valence-corrected chi connectivity index (χ0v) is 18.7. The van der Waals surface area contributed by atoms with Crippen molar-refractivity contribution < 1.29 is 12.8 Å². The minimum atomic E-state index is -3.54. The van der Waals surface area contributed by atoms with Gasteiger partial charge in [-0.2, -0.15) is 4.31 Å². The summed E-state index contributed by atoms with van der Waals surface area (Å²) in [7, 11) is -3.54. The maximum atomic E-state index is 12.8. The molecule has 0 saturated carbocycles. The van der Waals surface area contributed by atoms with E-state index < -0.39 is 10.0 Å². The van der Waals surface area contributed by atoms with Gasteiger partial charge in [-0.3, -0.25) is 0 Å². The van der Waals surface area contributed by atoms with Crippen LogP contribution in [0.25, 0.3) is 11.5 Å². The third kappa shape index (κ3) is 5.07. The summed E-state index contributed by atoms with van der Waals surface area (Å²) in [5.74, 6) is 1.03. The van der Waals surface area contributed by atoms with E-state index in [0.717, 1.165) is 5.75 Å². The summed E-state index contributed by atoms with van der Waals surface area (Å²) in [6.07, 6.45) is 0. The lowest BCUT2D eigenvalue weighted by molar-refractivity contribution is 0.445. The average Bonchev–Trinajstić information content (AvgIpc) is 3.16. The highest BCUT2D eigenvalue weighted by atomic mass is 32.2. The lowest BCUT2D eigenvalue weighted by atomic mass is 10.1. The van der Waals surface area contributed by atoms with Crippen LogP contribution in [0.5, 0.6) is 0 Å². The molecule has 3 aromatic rings. The molecule has 0 bridgehead atoms. The topological polar surface area (TPSA) is 76.3 Å². The van der Waals surface area contributed by atoms with E-state index in [0.29, 0.717) is 29.8 Å². The van der Waals surface area contributed by atoms with Crippen molar-refractivity contribution in [2.24, 2.45) is 0 Å². The molecule has 6 nitrogen and oxygen atoms in total. The number of nitrogens with zero attached hydrogens (tertiary/aromatic N) is 3. The molecule has 0 amide bonds. The van der Waals surface area contributed by atoms with Gasteiger partial charge in [0.25, 0.3) is 5.22 Å². The lowest BCUT2D eigenvalue weighted by Crippen LogP contribution is -2.30. The quantitative estimate of drug-likeness (QED) is 0.482. The lowest BCUT2D eigenvalue weighted by Gasteiger charge is -2.18. The van der Waals surface area contributed by atoms with E-state index in [2.05, 4.69) is 42.2 Å². The number of aromatic nitrogens is 2. The largest absolute Gasteiger partial charge is 0.411 e. The molecule has 0 aliphatic heterocycles. The number of thioether (sulfide) groups is 1. The molecule has 8 heteroatoms. The molecule has 3 rings (SSSR count). The predicted molar refractivity (Wildman–Crippen MR) is 115 cm³/mol. The molecule has 0 unspecified atom stereocenters.